The number of aryl methyl sites for hydroxylation is 4. The van der Waals surface area contributed by atoms with Gasteiger partial charge in [0.15, 0.2) is 0 Å². The number of fused-ring (bicyclic) bond motifs is 3. The van der Waals surface area contributed by atoms with Crippen LogP contribution in [0.25, 0.3) is 10.9 Å². The largest absolute Gasteiger partial charge is 0.344 e. The topological polar surface area (TPSA) is 21.1 Å². The van der Waals surface area contributed by atoms with Crippen LogP contribution in [0.4, 0.5) is 0 Å². The van der Waals surface area contributed by atoms with Crippen LogP contribution in [0.3, 0.4) is 0 Å². The smallest absolute Gasteiger partial charge is 0.0501 e. The molecule has 0 bridgehead atoms. The minimum absolute atomic E-state index is 0.00789. The fourth-order valence-corrected chi connectivity index (χ4v) is 2.67. The van der Waals surface area contributed by atoms with Crippen molar-refractivity contribution in [3.63, 3.8) is 0 Å². The quantitative estimate of drug-likeness (QED) is 0.703. The third-order valence-corrected chi connectivity index (χ3v) is 3.93. The van der Waals surface area contributed by atoms with Crippen LogP contribution in [0, 0.1) is 13.7 Å². The van der Waals surface area contributed by atoms with Crippen LogP contribution in [-0.4, -0.2) is 27.4 Å². The highest BCUT2D eigenvalue weighted by Crippen LogP contribution is 2.33. The van der Waals surface area contributed by atoms with Crippen LogP contribution < -0.4 is 0 Å². The van der Waals surface area contributed by atoms with E-state index in [2.05, 4.69) is 4.98 Å². The normalized spacial score (nSPS) is 37.1. The van der Waals surface area contributed by atoms with Crippen molar-refractivity contribution in [2.45, 2.75) is 52.4 Å². The SMILES string of the molecule is [2H]C([2H])c1ccc2c(c1)c1c(n2C([2H])([2H])C([2H])([2H])c2ccc(C([2H])([2H])[2H])nc2)C([2H])([2H])C([2H])(C)N(C([2H])([2H])[2H])C1([2H])[2H]. The standard InChI is InChI=1S/C22H27N3/c1-15-5-8-21-19(11-15)20-14-24(4)17(3)12-22(20)25(21)10-9-18-7-6-16(2)23-13-18/h5-8,11,13,17H,9-10,12,14H2,1-4H3/i1D2,2D3,4D3,9D2,10D2,12D2,14D2,17D. The van der Waals surface area contributed by atoms with Gasteiger partial charge >= 0.3 is 0 Å². The van der Waals surface area contributed by atoms with E-state index in [0.717, 1.165) is 37.4 Å². The Balaban J connectivity index is 2.15. The van der Waals surface area contributed by atoms with Gasteiger partial charge in [-0.25, -0.2) is 0 Å². The van der Waals surface area contributed by atoms with Crippen LogP contribution >= 0.6 is 0 Å². The first kappa shape index (κ1) is 5.95. The van der Waals surface area contributed by atoms with Crippen molar-refractivity contribution in [1.82, 2.24) is 14.5 Å². The molecule has 1 aromatic carbocycles. The maximum Gasteiger partial charge on any atom is 0.0501 e. The number of aromatic nitrogens is 2. The summed E-state index contributed by atoms with van der Waals surface area (Å²) in [6.07, 6.45) is -5.39. The molecule has 3 aromatic rings. The zero-order valence-corrected chi connectivity index (χ0v) is 13.4. The van der Waals surface area contributed by atoms with Gasteiger partial charge in [0.25, 0.3) is 0 Å². The van der Waals surface area contributed by atoms with Crippen molar-refractivity contribution in [2.24, 2.45) is 0 Å². The maximum absolute atomic E-state index is 9.04. The molecule has 0 spiro atoms. The molecule has 0 amide bonds. The van der Waals surface area contributed by atoms with E-state index in [-0.39, 0.29) is 27.1 Å². The number of hydrogen-bond acceptors (Lipinski definition) is 2. The lowest BCUT2D eigenvalue weighted by Crippen LogP contribution is -2.35. The minimum atomic E-state index is -3.35. The summed E-state index contributed by atoms with van der Waals surface area (Å²) >= 11 is 0. The molecule has 0 saturated heterocycles. The maximum atomic E-state index is 9.04. The molecule has 0 saturated carbocycles. The fraction of sp³-hybridized carbons (Fsp3) is 0.409. The van der Waals surface area contributed by atoms with Crippen LogP contribution in [0.1, 0.15) is 58.3 Å². The third kappa shape index (κ3) is 2.98. The first-order valence-corrected chi connectivity index (χ1v) is 7.55. The summed E-state index contributed by atoms with van der Waals surface area (Å²) in [7, 11) is 0. The summed E-state index contributed by atoms with van der Waals surface area (Å²) in [5.74, 6) is 0. The molecule has 1 aliphatic rings. The molecule has 3 heterocycles. The van der Waals surface area contributed by atoms with E-state index in [1.54, 1.807) is 0 Å². The number of hydrogen-bond donors (Lipinski definition) is 0. The molecule has 0 radical (unpaired) electrons. The fourth-order valence-electron chi connectivity index (χ4n) is 2.67. The monoisotopic (exact) mass is 350 g/mol. The van der Waals surface area contributed by atoms with Crippen molar-refractivity contribution in [2.75, 3.05) is 6.98 Å². The molecule has 130 valence electrons. The van der Waals surface area contributed by atoms with Crippen LogP contribution in [-0.2, 0) is 25.7 Å². The van der Waals surface area contributed by atoms with Crippen LogP contribution in [0.2, 0.25) is 0 Å². The second-order valence-corrected chi connectivity index (χ2v) is 5.66. The number of benzene rings is 1. The van der Waals surface area contributed by atoms with Gasteiger partial charge < -0.3 is 4.57 Å². The molecule has 0 fully saturated rings. The Hall–Kier alpha value is -2.13. The van der Waals surface area contributed by atoms with Gasteiger partial charge in [0.05, 0.1) is 2.74 Å². The first-order chi connectivity index (χ1) is 18.7. The van der Waals surface area contributed by atoms with Crippen molar-refractivity contribution in [3.8, 4) is 0 Å². The zero-order valence-electron chi connectivity index (χ0n) is 30.4. The summed E-state index contributed by atoms with van der Waals surface area (Å²) in [4.78, 5) is 3.81. The van der Waals surface area contributed by atoms with Crippen molar-refractivity contribution < 1.29 is 23.3 Å². The molecular weight excluding hydrogens is 306 g/mol. The van der Waals surface area contributed by atoms with E-state index in [4.69, 9.17) is 23.3 Å². The van der Waals surface area contributed by atoms with E-state index < -0.39 is 69.3 Å². The lowest BCUT2D eigenvalue weighted by atomic mass is 9.99. The average Bonchev–Trinajstić information content (AvgIpc) is 3.18. The van der Waals surface area contributed by atoms with Gasteiger partial charge in [-0.05, 0) is 63.3 Å². The van der Waals surface area contributed by atoms with Gasteiger partial charge in [0.1, 0.15) is 0 Å². The molecule has 1 aliphatic heterocycles. The van der Waals surface area contributed by atoms with E-state index in [1.165, 1.54) is 6.07 Å². The van der Waals surface area contributed by atoms with Gasteiger partial charge in [-0.2, -0.15) is 0 Å². The second kappa shape index (κ2) is 6.30. The Bertz CT molecular complexity index is 1510. The highest BCUT2D eigenvalue weighted by atomic mass is 15.1. The zero-order chi connectivity index (χ0) is 32.2. The molecule has 25 heavy (non-hydrogen) atoms. The van der Waals surface area contributed by atoms with Crippen molar-refractivity contribution in [1.29, 1.82) is 0 Å². The summed E-state index contributed by atoms with van der Waals surface area (Å²) in [5.41, 5.74) is -2.60. The Morgan fingerprint density at radius 1 is 1.40 bits per heavy atom. The van der Waals surface area contributed by atoms with Gasteiger partial charge in [-0.3, -0.25) is 9.88 Å². The van der Waals surface area contributed by atoms with E-state index >= 15 is 0 Å². The minimum Gasteiger partial charge on any atom is -0.344 e. The second-order valence-electron chi connectivity index (χ2n) is 5.66. The number of rotatable bonds is 3. The van der Waals surface area contributed by atoms with Crippen molar-refractivity contribution >= 4 is 10.9 Å². The number of pyridine rings is 1. The molecule has 4 rings (SSSR count). The summed E-state index contributed by atoms with van der Waals surface area (Å²) in [5, 5.41) is -0.263. The van der Waals surface area contributed by atoms with E-state index in [1.807, 2.05) is 0 Å². The highest BCUT2D eigenvalue weighted by molar-refractivity contribution is 5.86. The van der Waals surface area contributed by atoms with Crippen LogP contribution in [0.5, 0.6) is 0 Å². The molecule has 1 atom stereocenters. The summed E-state index contributed by atoms with van der Waals surface area (Å²) in [6, 6.07) is 2.67. The summed E-state index contributed by atoms with van der Waals surface area (Å²) < 4.78 is 143. The first-order valence-electron chi connectivity index (χ1n) is 16.2. The number of nitrogens with zero attached hydrogens (tertiary/aromatic N) is 3. The van der Waals surface area contributed by atoms with Gasteiger partial charge in [-0.15, -0.1) is 0 Å². The molecule has 1 unspecified atom stereocenters. The van der Waals surface area contributed by atoms with Gasteiger partial charge in [0.2, 0.25) is 0 Å². The molecular formula is C22H27N3. The van der Waals surface area contributed by atoms with Gasteiger partial charge in [-0.1, -0.05) is 17.7 Å². The van der Waals surface area contributed by atoms with Crippen molar-refractivity contribution in [3.05, 3.63) is 64.6 Å². The van der Waals surface area contributed by atoms with E-state index in [9.17, 15) is 0 Å². The lowest BCUT2D eigenvalue weighted by Gasteiger charge is -2.31. The molecule has 3 heteroatoms. The Kier molecular flexibility index (Phi) is 1.50. The molecule has 0 aliphatic carbocycles. The highest BCUT2D eigenvalue weighted by Gasteiger charge is 2.26. The Morgan fingerprint density at radius 2 is 2.36 bits per heavy atom. The lowest BCUT2D eigenvalue weighted by molar-refractivity contribution is 0.228. The average molecular weight is 351 g/mol. The Labute approximate surface area is 174 Å². The third-order valence-electron chi connectivity index (χ3n) is 3.93. The van der Waals surface area contributed by atoms with Crippen LogP contribution in [0.15, 0.2) is 36.5 Å². The Morgan fingerprint density at radius 3 is 3.12 bits per heavy atom. The molecule has 2 aromatic heterocycles. The summed E-state index contributed by atoms with van der Waals surface area (Å²) in [6.45, 7) is -13.2. The van der Waals surface area contributed by atoms with Gasteiger partial charge in [0, 0.05) is 74.4 Å². The molecule has 0 N–H and O–H groups in total. The predicted molar refractivity (Wildman–Crippen MR) is 104 cm³/mol. The van der Waals surface area contributed by atoms with E-state index in [0.29, 0.717) is 4.57 Å². The number of likely N-dealkylation sites (N-methyl/N-ethyl adjacent to an activating group) is 1. The predicted octanol–water partition coefficient (Wildman–Crippen LogP) is 4.27. The molecule has 3 nitrogen and oxygen atoms in total.